The molecule has 3 aromatic heterocycles. The van der Waals surface area contributed by atoms with Gasteiger partial charge in [-0.3, -0.25) is 0 Å². The molecule has 21 heavy (non-hydrogen) atoms. The minimum atomic E-state index is 0.384. The van der Waals surface area contributed by atoms with Gasteiger partial charge in [-0.2, -0.15) is 0 Å². The average molecular weight is 381 g/mol. The van der Waals surface area contributed by atoms with Crippen LogP contribution in [0.3, 0.4) is 0 Å². The molecule has 0 aliphatic heterocycles. The summed E-state index contributed by atoms with van der Waals surface area (Å²) in [6.07, 6.45) is 2.84. The summed E-state index contributed by atoms with van der Waals surface area (Å²) < 4.78 is 8.29. The molecule has 0 bridgehead atoms. The summed E-state index contributed by atoms with van der Waals surface area (Å²) in [6, 6.07) is 8.66. The molecule has 0 aliphatic rings. The number of thiophene rings is 2. The van der Waals surface area contributed by atoms with Crippen molar-refractivity contribution in [2.75, 3.05) is 7.11 Å². The van der Waals surface area contributed by atoms with E-state index in [1.165, 1.54) is 25.8 Å². The van der Waals surface area contributed by atoms with Crippen LogP contribution in [0.4, 0.5) is 0 Å². The molecule has 3 aromatic rings. The van der Waals surface area contributed by atoms with Crippen LogP contribution in [0.2, 0.25) is 0 Å². The summed E-state index contributed by atoms with van der Waals surface area (Å²) in [4.78, 5) is 11.8. The van der Waals surface area contributed by atoms with Crippen LogP contribution in [-0.2, 0) is 12.8 Å². The molecule has 0 amide bonds. The molecule has 0 aliphatic carbocycles. The average Bonchev–Trinajstić information content (AvgIpc) is 3.21. The Hall–Kier alpha value is -1.13. The van der Waals surface area contributed by atoms with Crippen LogP contribution in [0.1, 0.15) is 29.7 Å². The van der Waals surface area contributed by atoms with Gasteiger partial charge in [-0.25, -0.2) is 0 Å². The Bertz CT molecular complexity index is 739. The van der Waals surface area contributed by atoms with E-state index in [4.69, 9.17) is 4.74 Å². The van der Waals surface area contributed by atoms with Crippen LogP contribution in [0, 0.1) is 0 Å². The van der Waals surface area contributed by atoms with Gasteiger partial charge >= 0.3 is 138 Å². The fraction of sp³-hybridized carbons (Fsp3) is 0.188. The molecule has 2 nitrogen and oxygen atoms in total. The van der Waals surface area contributed by atoms with E-state index >= 15 is 0 Å². The van der Waals surface area contributed by atoms with Gasteiger partial charge in [0.15, 0.2) is 0 Å². The molecular weight excluding hydrogens is 367 g/mol. The maximum absolute atomic E-state index is 11.0. The Labute approximate surface area is 137 Å². The van der Waals surface area contributed by atoms with E-state index in [2.05, 4.69) is 29.6 Å². The van der Waals surface area contributed by atoms with Gasteiger partial charge in [0.25, 0.3) is 0 Å². The molecule has 0 spiro atoms. The third-order valence-electron chi connectivity index (χ3n) is 3.23. The number of hydrogen-bond acceptors (Lipinski definition) is 4. The van der Waals surface area contributed by atoms with Crippen molar-refractivity contribution in [2.24, 2.45) is 0 Å². The molecule has 0 aromatic carbocycles. The molecule has 0 saturated heterocycles. The van der Waals surface area contributed by atoms with E-state index in [-0.39, 0.29) is 0 Å². The molecular formula is C16H14O2S2Se. The van der Waals surface area contributed by atoms with Gasteiger partial charge in [-0.1, -0.05) is 0 Å². The van der Waals surface area contributed by atoms with Crippen LogP contribution >= 0.6 is 22.7 Å². The first-order valence-corrected chi connectivity index (χ1v) is 9.97. The quantitative estimate of drug-likeness (QED) is 0.479. The third-order valence-corrected chi connectivity index (χ3v) is 7.30. The van der Waals surface area contributed by atoms with Gasteiger partial charge in [0.1, 0.15) is 0 Å². The fourth-order valence-electron chi connectivity index (χ4n) is 2.22. The van der Waals surface area contributed by atoms with Crippen molar-refractivity contribution in [3.8, 4) is 5.06 Å². The first kappa shape index (κ1) is 14.8. The number of methoxy groups -OCH3 is 1. The van der Waals surface area contributed by atoms with Crippen molar-refractivity contribution in [3.05, 3.63) is 59.9 Å². The number of aldehydes is 1. The molecule has 0 N–H and O–H groups in total. The fourth-order valence-corrected chi connectivity index (χ4v) is 5.92. The van der Waals surface area contributed by atoms with Crippen molar-refractivity contribution < 1.29 is 9.53 Å². The van der Waals surface area contributed by atoms with E-state index in [0.29, 0.717) is 14.5 Å². The number of carbonyl (C=O) groups is 1. The molecule has 0 fully saturated rings. The Kier molecular flexibility index (Phi) is 4.76. The molecule has 108 valence electrons. The molecule has 0 unspecified atom stereocenters. The topological polar surface area (TPSA) is 26.3 Å². The van der Waals surface area contributed by atoms with Crippen LogP contribution in [0.5, 0.6) is 5.06 Å². The predicted molar refractivity (Wildman–Crippen MR) is 89.6 cm³/mol. The van der Waals surface area contributed by atoms with Gasteiger partial charge in [-0.15, -0.1) is 0 Å². The van der Waals surface area contributed by atoms with Gasteiger partial charge in [0.2, 0.25) is 0 Å². The van der Waals surface area contributed by atoms with Gasteiger partial charge in [0.05, 0.1) is 0 Å². The predicted octanol–water partition coefficient (Wildman–Crippen LogP) is 3.87. The van der Waals surface area contributed by atoms with E-state index in [1.807, 2.05) is 5.38 Å². The Morgan fingerprint density at radius 3 is 2.43 bits per heavy atom. The van der Waals surface area contributed by atoms with E-state index in [9.17, 15) is 4.79 Å². The zero-order valence-electron chi connectivity index (χ0n) is 11.5. The minimum absolute atomic E-state index is 0.384. The monoisotopic (exact) mass is 382 g/mol. The number of ether oxygens (including phenoxy) is 1. The van der Waals surface area contributed by atoms with Gasteiger partial charge < -0.3 is 0 Å². The Balaban J connectivity index is 1.73. The van der Waals surface area contributed by atoms with Crippen molar-refractivity contribution in [2.45, 2.75) is 12.8 Å². The Morgan fingerprint density at radius 1 is 1.05 bits per heavy atom. The van der Waals surface area contributed by atoms with Crippen LogP contribution in [0.15, 0.2) is 35.0 Å². The van der Waals surface area contributed by atoms with Crippen molar-refractivity contribution in [1.29, 1.82) is 0 Å². The van der Waals surface area contributed by atoms with Crippen LogP contribution < -0.4 is 4.74 Å². The third kappa shape index (κ3) is 3.38. The second-order valence-electron chi connectivity index (χ2n) is 4.59. The maximum atomic E-state index is 11.0. The normalized spacial score (nSPS) is 10.7. The first-order valence-electron chi connectivity index (χ1n) is 6.49. The van der Waals surface area contributed by atoms with Gasteiger partial charge in [-0.05, 0) is 0 Å². The molecule has 0 saturated carbocycles. The molecule has 3 rings (SSSR count). The number of carbonyl (C=O) groups excluding carboxylic acids is 1. The van der Waals surface area contributed by atoms with E-state index in [0.717, 1.165) is 34.6 Å². The zero-order chi connectivity index (χ0) is 14.7. The van der Waals surface area contributed by atoms with Crippen molar-refractivity contribution >= 4 is 43.5 Å². The summed E-state index contributed by atoms with van der Waals surface area (Å²) in [5, 5.41) is 5.08. The van der Waals surface area contributed by atoms with E-state index < -0.39 is 0 Å². The van der Waals surface area contributed by atoms with Crippen LogP contribution in [-0.4, -0.2) is 27.9 Å². The number of hydrogen-bond donors (Lipinski definition) is 0. The molecule has 0 radical (unpaired) electrons. The van der Waals surface area contributed by atoms with Gasteiger partial charge in [0, 0.05) is 0 Å². The number of rotatable bonds is 6. The summed E-state index contributed by atoms with van der Waals surface area (Å²) in [5.41, 5.74) is 2.43. The van der Waals surface area contributed by atoms with Crippen LogP contribution in [0.25, 0.3) is 0 Å². The van der Waals surface area contributed by atoms with Crippen molar-refractivity contribution in [1.82, 2.24) is 0 Å². The molecule has 0 atom stereocenters. The molecule has 5 heteroatoms. The second-order valence-corrected chi connectivity index (χ2v) is 9.04. The Morgan fingerprint density at radius 2 is 1.71 bits per heavy atom. The molecule has 3 heterocycles. The standard InChI is InChI=1S/C16H14O2S2Se/c1-18-16-12(5-7-20-16)9-14-3-2-13(21-14)8-11-4-6-19-15(11)10-17/h2-7,10H,8-9H2,1H3. The summed E-state index contributed by atoms with van der Waals surface area (Å²) in [6.45, 7) is 0. The van der Waals surface area contributed by atoms with Crippen molar-refractivity contribution in [3.63, 3.8) is 0 Å². The summed E-state index contributed by atoms with van der Waals surface area (Å²) in [7, 11) is 1.73. The summed E-state index contributed by atoms with van der Waals surface area (Å²) >= 11 is 3.55. The zero-order valence-corrected chi connectivity index (χ0v) is 14.8. The van der Waals surface area contributed by atoms with E-state index in [1.54, 1.807) is 18.4 Å². The summed E-state index contributed by atoms with van der Waals surface area (Å²) in [5.74, 6) is 0. The first-order chi connectivity index (χ1) is 10.3. The SMILES string of the molecule is COc1sccc1Cc1ccc(Cc2ccsc2C=O)[se]1. The second kappa shape index (κ2) is 6.75.